The molecule has 0 aliphatic heterocycles. The number of ether oxygens (including phenoxy) is 1. The van der Waals surface area contributed by atoms with Crippen LogP contribution in [0.1, 0.15) is 25.7 Å². The lowest BCUT2D eigenvalue weighted by atomic mass is 10.1. The third-order valence-corrected chi connectivity index (χ3v) is 3.88. The highest BCUT2D eigenvalue weighted by Gasteiger charge is 2.14. The number of methoxy groups -OCH3 is 1. The highest BCUT2D eigenvalue weighted by Crippen LogP contribution is 2.29. The molecule has 0 radical (unpaired) electrons. The van der Waals surface area contributed by atoms with E-state index in [1.807, 2.05) is 12.1 Å². The van der Waals surface area contributed by atoms with Crippen LogP contribution in [0.3, 0.4) is 0 Å². The van der Waals surface area contributed by atoms with Crippen molar-refractivity contribution in [2.24, 2.45) is 5.92 Å². The first-order chi connectivity index (χ1) is 7.79. The summed E-state index contributed by atoms with van der Waals surface area (Å²) in [6.07, 6.45) is 5.55. The van der Waals surface area contributed by atoms with Crippen molar-refractivity contribution in [2.75, 3.05) is 19.0 Å². The average Bonchev–Trinajstić information content (AvgIpc) is 2.81. The molecule has 0 heterocycles. The Kier molecular flexibility index (Phi) is 4.10. The van der Waals surface area contributed by atoms with E-state index in [2.05, 4.69) is 27.3 Å². The second-order valence-corrected chi connectivity index (χ2v) is 5.24. The lowest BCUT2D eigenvalue weighted by Crippen LogP contribution is -2.10. The van der Waals surface area contributed by atoms with Crippen LogP contribution in [0.2, 0.25) is 0 Å². The van der Waals surface area contributed by atoms with Gasteiger partial charge in [0, 0.05) is 18.3 Å². The molecule has 3 heteroatoms. The van der Waals surface area contributed by atoms with Crippen molar-refractivity contribution in [1.29, 1.82) is 0 Å². The normalized spacial score (nSPS) is 16.4. The summed E-state index contributed by atoms with van der Waals surface area (Å²) in [7, 11) is 1.70. The number of nitrogens with one attached hydrogen (secondary N) is 1. The molecule has 1 N–H and O–H groups in total. The first-order valence-electron chi connectivity index (χ1n) is 5.87. The first-order valence-corrected chi connectivity index (χ1v) is 6.66. The van der Waals surface area contributed by atoms with Gasteiger partial charge in [0.15, 0.2) is 0 Å². The molecule has 1 aliphatic carbocycles. The van der Waals surface area contributed by atoms with Crippen LogP contribution in [0, 0.1) is 5.92 Å². The van der Waals surface area contributed by atoms with Crippen LogP contribution >= 0.6 is 15.9 Å². The van der Waals surface area contributed by atoms with E-state index >= 15 is 0 Å². The van der Waals surface area contributed by atoms with E-state index < -0.39 is 0 Å². The van der Waals surface area contributed by atoms with Crippen LogP contribution in [0.5, 0.6) is 5.75 Å². The Bertz CT molecular complexity index is 348. The molecule has 0 atom stereocenters. The van der Waals surface area contributed by atoms with Crippen molar-refractivity contribution in [1.82, 2.24) is 0 Å². The number of rotatable bonds is 4. The fraction of sp³-hybridized carbons (Fsp3) is 0.538. The fourth-order valence-electron chi connectivity index (χ4n) is 2.25. The molecule has 1 aromatic rings. The maximum Gasteiger partial charge on any atom is 0.135 e. The molecule has 1 aliphatic rings. The van der Waals surface area contributed by atoms with E-state index in [9.17, 15) is 0 Å². The molecule has 0 unspecified atom stereocenters. The molecule has 1 fully saturated rings. The number of hydrogen-bond acceptors (Lipinski definition) is 2. The topological polar surface area (TPSA) is 21.3 Å². The van der Waals surface area contributed by atoms with Gasteiger partial charge in [0.2, 0.25) is 0 Å². The average molecular weight is 284 g/mol. The Labute approximate surface area is 106 Å². The minimum Gasteiger partial charge on any atom is -0.495 e. The summed E-state index contributed by atoms with van der Waals surface area (Å²) in [6.45, 7) is 1.09. The van der Waals surface area contributed by atoms with Crippen molar-refractivity contribution < 1.29 is 4.74 Å². The van der Waals surface area contributed by atoms with Gasteiger partial charge in [-0.05, 0) is 46.8 Å². The van der Waals surface area contributed by atoms with Gasteiger partial charge in [-0.3, -0.25) is 0 Å². The van der Waals surface area contributed by atoms with Crippen LogP contribution in [-0.4, -0.2) is 13.7 Å². The van der Waals surface area contributed by atoms with Gasteiger partial charge in [-0.1, -0.05) is 12.8 Å². The van der Waals surface area contributed by atoms with Gasteiger partial charge in [0.25, 0.3) is 0 Å². The smallest absolute Gasteiger partial charge is 0.135 e. The zero-order valence-electron chi connectivity index (χ0n) is 9.63. The Morgan fingerprint density at radius 2 is 2.12 bits per heavy atom. The molecule has 1 aromatic carbocycles. The fourth-order valence-corrected chi connectivity index (χ4v) is 2.65. The maximum atomic E-state index is 5.27. The summed E-state index contributed by atoms with van der Waals surface area (Å²) in [6, 6.07) is 6.15. The molecule has 88 valence electrons. The summed E-state index contributed by atoms with van der Waals surface area (Å²) in [4.78, 5) is 0. The molecule has 0 aromatic heterocycles. The van der Waals surface area contributed by atoms with Gasteiger partial charge in [-0.15, -0.1) is 0 Å². The summed E-state index contributed by atoms with van der Waals surface area (Å²) in [5.41, 5.74) is 1.15. The van der Waals surface area contributed by atoms with Gasteiger partial charge in [-0.25, -0.2) is 0 Å². The predicted molar refractivity (Wildman–Crippen MR) is 71.1 cm³/mol. The standard InChI is InChI=1S/C13H18BrNO/c1-16-13-8-11(6-7-12(13)14)15-9-10-4-2-3-5-10/h6-8,10,15H,2-5,9H2,1H3. The summed E-state index contributed by atoms with van der Waals surface area (Å²) in [5.74, 6) is 1.74. The molecule has 16 heavy (non-hydrogen) atoms. The van der Waals surface area contributed by atoms with Crippen LogP contribution < -0.4 is 10.1 Å². The molecular weight excluding hydrogens is 266 g/mol. The van der Waals surface area contributed by atoms with Gasteiger partial charge in [-0.2, -0.15) is 0 Å². The molecule has 0 spiro atoms. The van der Waals surface area contributed by atoms with Gasteiger partial charge in [0.1, 0.15) is 5.75 Å². The Morgan fingerprint density at radius 3 is 2.81 bits per heavy atom. The maximum absolute atomic E-state index is 5.27. The second kappa shape index (κ2) is 5.58. The number of benzene rings is 1. The van der Waals surface area contributed by atoms with Crippen LogP contribution in [0.15, 0.2) is 22.7 Å². The first kappa shape index (κ1) is 11.8. The van der Waals surface area contributed by atoms with Crippen molar-refractivity contribution in [2.45, 2.75) is 25.7 Å². The third-order valence-electron chi connectivity index (χ3n) is 3.22. The summed E-state index contributed by atoms with van der Waals surface area (Å²) >= 11 is 3.46. The van der Waals surface area contributed by atoms with Gasteiger partial charge in [0.05, 0.1) is 11.6 Å². The second-order valence-electron chi connectivity index (χ2n) is 4.38. The molecule has 2 nitrogen and oxygen atoms in total. The third kappa shape index (κ3) is 2.91. The van der Waals surface area contributed by atoms with E-state index in [0.717, 1.165) is 28.4 Å². The van der Waals surface area contributed by atoms with E-state index in [1.165, 1.54) is 25.7 Å². The minimum atomic E-state index is 0.856. The van der Waals surface area contributed by atoms with E-state index in [-0.39, 0.29) is 0 Å². The molecular formula is C13H18BrNO. The van der Waals surface area contributed by atoms with E-state index in [1.54, 1.807) is 7.11 Å². The Morgan fingerprint density at radius 1 is 1.38 bits per heavy atom. The zero-order chi connectivity index (χ0) is 11.4. The molecule has 0 saturated heterocycles. The van der Waals surface area contributed by atoms with Crippen molar-refractivity contribution >= 4 is 21.6 Å². The van der Waals surface area contributed by atoms with Crippen LogP contribution in [-0.2, 0) is 0 Å². The summed E-state index contributed by atoms with van der Waals surface area (Å²) in [5, 5.41) is 3.49. The quantitative estimate of drug-likeness (QED) is 0.900. The van der Waals surface area contributed by atoms with E-state index in [0.29, 0.717) is 0 Å². The van der Waals surface area contributed by atoms with Crippen molar-refractivity contribution in [3.8, 4) is 5.75 Å². The molecule has 0 bridgehead atoms. The van der Waals surface area contributed by atoms with E-state index in [4.69, 9.17) is 4.74 Å². The Balaban J connectivity index is 1.93. The SMILES string of the molecule is COc1cc(NCC2CCCC2)ccc1Br. The molecule has 0 amide bonds. The predicted octanol–water partition coefficient (Wildman–Crippen LogP) is 4.06. The van der Waals surface area contributed by atoms with Crippen molar-refractivity contribution in [3.63, 3.8) is 0 Å². The zero-order valence-corrected chi connectivity index (χ0v) is 11.2. The molecule has 2 rings (SSSR count). The lowest BCUT2D eigenvalue weighted by Gasteiger charge is -2.13. The van der Waals surface area contributed by atoms with Gasteiger partial charge >= 0.3 is 0 Å². The number of anilines is 1. The molecule has 1 saturated carbocycles. The Hall–Kier alpha value is -0.700. The van der Waals surface area contributed by atoms with Crippen molar-refractivity contribution in [3.05, 3.63) is 22.7 Å². The monoisotopic (exact) mass is 283 g/mol. The highest BCUT2D eigenvalue weighted by molar-refractivity contribution is 9.10. The largest absolute Gasteiger partial charge is 0.495 e. The highest BCUT2D eigenvalue weighted by atomic mass is 79.9. The number of halogens is 1. The summed E-state index contributed by atoms with van der Waals surface area (Å²) < 4.78 is 6.27. The minimum absolute atomic E-state index is 0.856. The van der Waals surface area contributed by atoms with Gasteiger partial charge < -0.3 is 10.1 Å². The van der Waals surface area contributed by atoms with Crippen LogP contribution in [0.25, 0.3) is 0 Å². The number of hydrogen-bond donors (Lipinski definition) is 1. The van der Waals surface area contributed by atoms with Crippen LogP contribution in [0.4, 0.5) is 5.69 Å². The lowest BCUT2D eigenvalue weighted by molar-refractivity contribution is 0.412.